The summed E-state index contributed by atoms with van der Waals surface area (Å²) >= 11 is 0. The molecule has 0 atom stereocenters. The Morgan fingerprint density at radius 3 is 2.67 bits per heavy atom. The first-order chi connectivity index (χ1) is 14.8. The molecule has 30 heavy (non-hydrogen) atoms. The van der Waals surface area contributed by atoms with E-state index < -0.39 is 0 Å². The van der Waals surface area contributed by atoms with Gasteiger partial charge in [-0.2, -0.15) is 4.98 Å². The van der Waals surface area contributed by atoms with Crippen molar-refractivity contribution in [3.8, 4) is 22.8 Å². The van der Waals surface area contributed by atoms with E-state index in [1.165, 1.54) is 0 Å². The number of hydrogen-bond acceptors (Lipinski definition) is 6. The molecular weight excluding hydrogens is 378 g/mol. The lowest BCUT2D eigenvalue weighted by Crippen LogP contribution is -2.13. The molecule has 1 amide bonds. The summed E-state index contributed by atoms with van der Waals surface area (Å²) in [7, 11) is 0. The van der Waals surface area contributed by atoms with E-state index in [1.54, 1.807) is 36.8 Å². The van der Waals surface area contributed by atoms with Crippen LogP contribution in [0.3, 0.4) is 0 Å². The number of carbonyl (C=O) groups is 1. The van der Waals surface area contributed by atoms with E-state index in [1.807, 2.05) is 48.5 Å². The number of aromatic nitrogens is 4. The third-order valence-corrected chi connectivity index (χ3v) is 4.63. The quantitative estimate of drug-likeness (QED) is 0.480. The fraction of sp³-hybridized carbons (Fsp3) is 0. The molecule has 3 aromatic heterocycles. The lowest BCUT2D eigenvalue weighted by Gasteiger charge is -2.10. The molecule has 0 aliphatic rings. The van der Waals surface area contributed by atoms with E-state index in [-0.39, 0.29) is 5.91 Å². The van der Waals surface area contributed by atoms with E-state index >= 15 is 0 Å². The van der Waals surface area contributed by atoms with Crippen LogP contribution in [0, 0.1) is 0 Å². The predicted molar refractivity (Wildman–Crippen MR) is 113 cm³/mol. The molecule has 0 saturated heterocycles. The number of nitrogens with one attached hydrogen (secondary N) is 1. The Morgan fingerprint density at radius 1 is 0.900 bits per heavy atom. The van der Waals surface area contributed by atoms with E-state index in [2.05, 4.69) is 25.4 Å². The minimum Gasteiger partial charge on any atom is -0.334 e. The maximum absolute atomic E-state index is 13.0. The van der Waals surface area contributed by atoms with E-state index in [0.717, 1.165) is 10.9 Å². The average molecular weight is 393 g/mol. The highest BCUT2D eigenvalue weighted by atomic mass is 16.5. The average Bonchev–Trinajstić information content (AvgIpc) is 3.30. The van der Waals surface area contributed by atoms with Crippen molar-refractivity contribution in [1.29, 1.82) is 0 Å². The van der Waals surface area contributed by atoms with Gasteiger partial charge in [-0.05, 0) is 36.4 Å². The fourth-order valence-corrected chi connectivity index (χ4v) is 3.20. The van der Waals surface area contributed by atoms with Crippen LogP contribution in [0.5, 0.6) is 0 Å². The van der Waals surface area contributed by atoms with Crippen molar-refractivity contribution < 1.29 is 9.32 Å². The number of para-hydroxylation sites is 2. The third-order valence-electron chi connectivity index (χ3n) is 4.63. The van der Waals surface area contributed by atoms with Gasteiger partial charge in [0.05, 0.1) is 22.3 Å². The summed E-state index contributed by atoms with van der Waals surface area (Å²) in [6.07, 6.45) is 5.01. The molecule has 144 valence electrons. The second-order valence-electron chi connectivity index (χ2n) is 6.55. The molecular formula is C23H15N5O2. The fourth-order valence-electron chi connectivity index (χ4n) is 3.20. The predicted octanol–water partition coefficient (Wildman–Crippen LogP) is 4.60. The number of carbonyl (C=O) groups excluding carboxylic acids is 1. The Bertz CT molecular complexity index is 1340. The summed E-state index contributed by atoms with van der Waals surface area (Å²) in [4.78, 5) is 25.9. The van der Waals surface area contributed by atoms with Gasteiger partial charge in [0.1, 0.15) is 0 Å². The molecule has 2 aromatic carbocycles. The summed E-state index contributed by atoms with van der Waals surface area (Å²) in [5.41, 5.74) is 3.07. The lowest BCUT2D eigenvalue weighted by molar-refractivity contribution is 0.102. The van der Waals surface area contributed by atoms with Crippen LogP contribution in [0.25, 0.3) is 33.7 Å². The van der Waals surface area contributed by atoms with Gasteiger partial charge in [-0.15, -0.1) is 0 Å². The van der Waals surface area contributed by atoms with Gasteiger partial charge >= 0.3 is 0 Å². The molecule has 1 N–H and O–H groups in total. The summed E-state index contributed by atoms with van der Waals surface area (Å²) in [5, 5.41) is 7.88. The van der Waals surface area contributed by atoms with Gasteiger partial charge in [-0.1, -0.05) is 35.5 Å². The molecule has 0 radical (unpaired) electrons. The Hall–Kier alpha value is -4.39. The van der Waals surface area contributed by atoms with Gasteiger partial charge in [-0.3, -0.25) is 14.8 Å². The van der Waals surface area contributed by atoms with Gasteiger partial charge in [0, 0.05) is 29.5 Å². The first kappa shape index (κ1) is 17.7. The highest BCUT2D eigenvalue weighted by molar-refractivity contribution is 6.12. The van der Waals surface area contributed by atoms with Crippen molar-refractivity contribution in [3.05, 3.63) is 90.9 Å². The molecule has 5 rings (SSSR count). The van der Waals surface area contributed by atoms with Gasteiger partial charge in [0.15, 0.2) is 0 Å². The van der Waals surface area contributed by atoms with Crippen LogP contribution in [0.4, 0.5) is 5.69 Å². The summed E-state index contributed by atoms with van der Waals surface area (Å²) in [5.74, 6) is 0.469. The van der Waals surface area contributed by atoms with Crippen LogP contribution >= 0.6 is 0 Å². The Kier molecular flexibility index (Phi) is 4.46. The van der Waals surface area contributed by atoms with Crippen molar-refractivity contribution in [2.75, 3.05) is 5.32 Å². The molecule has 0 bridgehead atoms. The normalized spacial score (nSPS) is 10.8. The highest BCUT2D eigenvalue weighted by Crippen LogP contribution is 2.29. The second kappa shape index (κ2) is 7.56. The first-order valence-electron chi connectivity index (χ1n) is 9.28. The van der Waals surface area contributed by atoms with Crippen LogP contribution in [0.2, 0.25) is 0 Å². The summed E-state index contributed by atoms with van der Waals surface area (Å²) in [6, 6.07) is 20.2. The Morgan fingerprint density at radius 2 is 1.77 bits per heavy atom. The Balaban J connectivity index is 1.49. The molecule has 5 aromatic rings. The molecule has 7 heteroatoms. The topological polar surface area (TPSA) is 93.8 Å². The highest BCUT2D eigenvalue weighted by Gasteiger charge is 2.17. The van der Waals surface area contributed by atoms with Crippen LogP contribution < -0.4 is 5.32 Å². The van der Waals surface area contributed by atoms with Gasteiger partial charge in [0.25, 0.3) is 11.8 Å². The lowest BCUT2D eigenvalue weighted by atomic mass is 10.1. The molecule has 0 spiro atoms. The number of pyridine rings is 2. The van der Waals surface area contributed by atoms with Gasteiger partial charge in [0.2, 0.25) is 5.82 Å². The second-order valence-corrected chi connectivity index (χ2v) is 6.55. The minimum atomic E-state index is -0.265. The smallest absolute Gasteiger partial charge is 0.260 e. The number of nitrogens with zero attached hydrogens (tertiary/aromatic N) is 4. The van der Waals surface area contributed by atoms with Crippen LogP contribution in [0.15, 0.2) is 89.8 Å². The number of fused-ring (bicyclic) bond motifs is 1. The number of amides is 1. The largest absolute Gasteiger partial charge is 0.334 e. The SMILES string of the molecule is O=C(Nc1ccccc1-c1nc(-c2cccnc2)no1)c1cccc2cccnc12. The Labute approximate surface area is 171 Å². The molecule has 3 heterocycles. The third kappa shape index (κ3) is 3.29. The number of hydrogen-bond donors (Lipinski definition) is 1. The standard InChI is InChI=1S/C23H15N5O2/c29-22(18-10-3-6-15-7-5-13-25-20(15)18)26-19-11-2-1-9-17(19)23-27-21(28-30-23)16-8-4-12-24-14-16/h1-14H,(H,26,29). The zero-order valence-electron chi connectivity index (χ0n) is 15.7. The maximum atomic E-state index is 13.0. The van der Waals surface area contributed by atoms with Crippen LogP contribution in [-0.2, 0) is 0 Å². The van der Waals surface area contributed by atoms with Crippen molar-refractivity contribution in [2.45, 2.75) is 0 Å². The van der Waals surface area contributed by atoms with Crippen LogP contribution in [-0.4, -0.2) is 26.0 Å². The van der Waals surface area contributed by atoms with Crippen molar-refractivity contribution in [2.24, 2.45) is 0 Å². The summed E-state index contributed by atoms with van der Waals surface area (Å²) in [6.45, 7) is 0. The maximum Gasteiger partial charge on any atom is 0.260 e. The molecule has 0 fully saturated rings. The number of anilines is 1. The van der Waals surface area contributed by atoms with Gasteiger partial charge < -0.3 is 9.84 Å². The molecule has 0 aliphatic carbocycles. The van der Waals surface area contributed by atoms with E-state index in [9.17, 15) is 4.79 Å². The zero-order valence-corrected chi connectivity index (χ0v) is 15.7. The van der Waals surface area contributed by atoms with Gasteiger partial charge in [-0.25, -0.2) is 0 Å². The van der Waals surface area contributed by atoms with Crippen molar-refractivity contribution in [1.82, 2.24) is 20.1 Å². The van der Waals surface area contributed by atoms with E-state index in [4.69, 9.17) is 4.52 Å². The van der Waals surface area contributed by atoms with Crippen molar-refractivity contribution in [3.63, 3.8) is 0 Å². The molecule has 7 nitrogen and oxygen atoms in total. The minimum absolute atomic E-state index is 0.265. The number of benzene rings is 2. The monoisotopic (exact) mass is 393 g/mol. The zero-order chi connectivity index (χ0) is 20.3. The van der Waals surface area contributed by atoms with Crippen LogP contribution in [0.1, 0.15) is 10.4 Å². The van der Waals surface area contributed by atoms with Crippen molar-refractivity contribution >= 4 is 22.5 Å². The van der Waals surface area contributed by atoms with E-state index in [0.29, 0.717) is 34.0 Å². The molecule has 0 aliphatic heterocycles. The summed E-state index contributed by atoms with van der Waals surface area (Å²) < 4.78 is 5.45. The molecule has 0 saturated carbocycles. The first-order valence-corrected chi connectivity index (χ1v) is 9.28. The number of rotatable bonds is 4. The molecule has 0 unspecified atom stereocenters.